The lowest BCUT2D eigenvalue weighted by molar-refractivity contribution is -0.385. The summed E-state index contributed by atoms with van der Waals surface area (Å²) in [7, 11) is 0. The molecule has 0 atom stereocenters. The third-order valence-electron chi connectivity index (χ3n) is 3.02. The molecule has 1 aromatic heterocycles. The molecule has 7 heteroatoms. The zero-order chi connectivity index (χ0) is 14.9. The highest BCUT2D eigenvalue weighted by Gasteiger charge is 2.17. The van der Waals surface area contributed by atoms with Crippen molar-refractivity contribution in [3.8, 4) is 0 Å². The summed E-state index contributed by atoms with van der Waals surface area (Å²) in [5, 5.41) is 20.2. The molecule has 0 aliphatic carbocycles. The molecular weight excluding hydrogens is 260 g/mol. The van der Waals surface area contributed by atoms with Gasteiger partial charge in [-0.2, -0.15) is 5.10 Å². The predicted molar refractivity (Wildman–Crippen MR) is 73.8 cm³/mol. The lowest BCUT2D eigenvalue weighted by Crippen LogP contribution is -2.14. The number of nitro groups is 1. The van der Waals surface area contributed by atoms with E-state index in [1.807, 2.05) is 0 Å². The minimum atomic E-state index is -0.473. The molecule has 1 amide bonds. The number of rotatable bonds is 3. The Morgan fingerprint density at radius 2 is 2.05 bits per heavy atom. The number of nitrogens with zero attached hydrogens (tertiary/aromatic N) is 2. The van der Waals surface area contributed by atoms with E-state index < -0.39 is 4.92 Å². The van der Waals surface area contributed by atoms with Crippen LogP contribution in [0, 0.1) is 30.9 Å². The first-order valence-corrected chi connectivity index (χ1v) is 5.98. The minimum Gasteiger partial charge on any atom is -0.322 e. The molecule has 20 heavy (non-hydrogen) atoms. The van der Waals surface area contributed by atoms with Crippen LogP contribution in [-0.2, 0) is 0 Å². The normalized spacial score (nSPS) is 10.3. The van der Waals surface area contributed by atoms with Crippen LogP contribution in [0.15, 0.2) is 18.2 Å². The van der Waals surface area contributed by atoms with Gasteiger partial charge in [-0.3, -0.25) is 20.0 Å². The van der Waals surface area contributed by atoms with Crippen LogP contribution in [0.1, 0.15) is 27.3 Å². The molecule has 0 saturated carbocycles. The van der Waals surface area contributed by atoms with E-state index in [0.29, 0.717) is 28.2 Å². The summed E-state index contributed by atoms with van der Waals surface area (Å²) in [6.45, 7) is 5.11. The molecule has 2 N–H and O–H groups in total. The summed E-state index contributed by atoms with van der Waals surface area (Å²) in [4.78, 5) is 22.5. The molecule has 2 rings (SSSR count). The minimum absolute atomic E-state index is 0.0246. The van der Waals surface area contributed by atoms with E-state index in [0.717, 1.165) is 0 Å². The number of carbonyl (C=O) groups excluding carboxylic acids is 1. The zero-order valence-corrected chi connectivity index (χ0v) is 11.4. The van der Waals surface area contributed by atoms with Crippen LogP contribution in [0.2, 0.25) is 0 Å². The van der Waals surface area contributed by atoms with Gasteiger partial charge in [0.1, 0.15) is 0 Å². The van der Waals surface area contributed by atoms with Crippen molar-refractivity contribution in [2.75, 3.05) is 5.32 Å². The molecule has 0 aliphatic rings. The largest absolute Gasteiger partial charge is 0.322 e. The number of hydrogen-bond donors (Lipinski definition) is 2. The quantitative estimate of drug-likeness (QED) is 0.663. The number of aryl methyl sites for hydroxylation is 3. The van der Waals surface area contributed by atoms with Gasteiger partial charge in [-0.15, -0.1) is 0 Å². The third kappa shape index (κ3) is 2.51. The van der Waals surface area contributed by atoms with Gasteiger partial charge in [0.05, 0.1) is 16.2 Å². The summed E-state index contributed by atoms with van der Waals surface area (Å²) >= 11 is 0. The fraction of sp³-hybridized carbons (Fsp3) is 0.231. The first kappa shape index (κ1) is 13.7. The van der Waals surface area contributed by atoms with Gasteiger partial charge in [-0.1, -0.05) is 6.07 Å². The average Bonchev–Trinajstić information content (AvgIpc) is 2.71. The molecule has 0 unspecified atom stereocenters. The first-order chi connectivity index (χ1) is 9.40. The van der Waals surface area contributed by atoms with Crippen molar-refractivity contribution in [2.24, 2.45) is 0 Å². The Labute approximate surface area is 115 Å². The molecular formula is C13H14N4O3. The van der Waals surface area contributed by atoms with Crippen LogP contribution in [0.4, 0.5) is 11.4 Å². The van der Waals surface area contributed by atoms with Crippen molar-refractivity contribution >= 4 is 17.3 Å². The highest BCUT2D eigenvalue weighted by atomic mass is 16.6. The predicted octanol–water partition coefficient (Wildman–Crippen LogP) is 2.50. The van der Waals surface area contributed by atoms with Crippen LogP contribution in [-0.4, -0.2) is 21.0 Å². The number of nitro benzene ring substituents is 1. The number of anilines is 1. The van der Waals surface area contributed by atoms with E-state index in [-0.39, 0.29) is 11.6 Å². The van der Waals surface area contributed by atoms with E-state index in [9.17, 15) is 14.9 Å². The number of amides is 1. The Kier molecular flexibility index (Phi) is 3.51. The van der Waals surface area contributed by atoms with Gasteiger partial charge < -0.3 is 5.32 Å². The van der Waals surface area contributed by atoms with Crippen molar-refractivity contribution in [3.05, 3.63) is 50.8 Å². The van der Waals surface area contributed by atoms with Crippen LogP contribution in [0.5, 0.6) is 0 Å². The Hall–Kier alpha value is -2.70. The maximum atomic E-state index is 12.1. The lowest BCUT2D eigenvalue weighted by Gasteiger charge is -2.06. The molecule has 0 aliphatic heterocycles. The fourth-order valence-electron chi connectivity index (χ4n) is 1.96. The topological polar surface area (TPSA) is 101 Å². The SMILES string of the molecule is Cc1ccc(NC(=O)c2c(C)n[nH]c2C)cc1[N+](=O)[O-]. The van der Waals surface area contributed by atoms with Gasteiger partial charge >= 0.3 is 0 Å². The van der Waals surface area contributed by atoms with E-state index in [4.69, 9.17) is 0 Å². The molecule has 0 bridgehead atoms. The molecule has 7 nitrogen and oxygen atoms in total. The van der Waals surface area contributed by atoms with E-state index >= 15 is 0 Å². The number of nitrogens with one attached hydrogen (secondary N) is 2. The van der Waals surface area contributed by atoms with Crippen molar-refractivity contribution in [1.29, 1.82) is 0 Å². The Morgan fingerprint density at radius 3 is 2.60 bits per heavy atom. The summed E-state index contributed by atoms with van der Waals surface area (Å²) in [6, 6.07) is 4.58. The van der Waals surface area contributed by atoms with Gasteiger partial charge in [-0.25, -0.2) is 0 Å². The summed E-state index contributed by atoms with van der Waals surface area (Å²) in [5.74, 6) is -0.341. The number of H-pyrrole nitrogens is 1. The summed E-state index contributed by atoms with van der Waals surface area (Å²) in [5.41, 5.74) is 2.59. The van der Waals surface area contributed by atoms with E-state index in [1.165, 1.54) is 6.07 Å². The van der Waals surface area contributed by atoms with Gasteiger partial charge in [0.2, 0.25) is 0 Å². The van der Waals surface area contributed by atoms with Crippen LogP contribution in [0.25, 0.3) is 0 Å². The third-order valence-corrected chi connectivity index (χ3v) is 3.02. The molecule has 104 valence electrons. The summed E-state index contributed by atoms with van der Waals surface area (Å²) in [6.07, 6.45) is 0. The molecule has 2 aromatic rings. The second-order valence-corrected chi connectivity index (χ2v) is 4.52. The Bertz CT molecular complexity index is 671. The second kappa shape index (κ2) is 5.12. The second-order valence-electron chi connectivity index (χ2n) is 4.52. The summed E-state index contributed by atoms with van der Waals surface area (Å²) < 4.78 is 0. The van der Waals surface area contributed by atoms with E-state index in [2.05, 4.69) is 15.5 Å². The smallest absolute Gasteiger partial charge is 0.274 e. The standard InChI is InChI=1S/C13H14N4O3/c1-7-4-5-10(6-11(7)17(19)20)14-13(18)12-8(2)15-16-9(12)3/h4-6H,1-3H3,(H,14,18)(H,15,16). The van der Waals surface area contributed by atoms with Gasteiger partial charge in [0.15, 0.2) is 0 Å². The maximum absolute atomic E-state index is 12.1. The first-order valence-electron chi connectivity index (χ1n) is 5.98. The van der Waals surface area contributed by atoms with Crippen molar-refractivity contribution in [3.63, 3.8) is 0 Å². The molecule has 0 spiro atoms. The number of aromatic nitrogens is 2. The van der Waals surface area contributed by atoms with Crippen LogP contribution >= 0.6 is 0 Å². The van der Waals surface area contributed by atoms with Crippen molar-refractivity contribution in [1.82, 2.24) is 10.2 Å². The zero-order valence-electron chi connectivity index (χ0n) is 11.4. The van der Waals surface area contributed by atoms with Gasteiger partial charge in [0, 0.05) is 23.0 Å². The number of hydrogen-bond acceptors (Lipinski definition) is 4. The monoisotopic (exact) mass is 274 g/mol. The average molecular weight is 274 g/mol. The number of carbonyl (C=O) groups is 1. The number of benzene rings is 1. The molecule has 0 fully saturated rings. The molecule has 0 saturated heterocycles. The van der Waals surface area contributed by atoms with Crippen LogP contribution < -0.4 is 5.32 Å². The molecule has 1 heterocycles. The van der Waals surface area contributed by atoms with E-state index in [1.54, 1.807) is 32.9 Å². The lowest BCUT2D eigenvalue weighted by atomic mass is 10.1. The maximum Gasteiger partial charge on any atom is 0.274 e. The Balaban J connectivity index is 2.29. The Morgan fingerprint density at radius 1 is 1.35 bits per heavy atom. The number of aromatic amines is 1. The molecule has 1 aromatic carbocycles. The van der Waals surface area contributed by atoms with Crippen molar-refractivity contribution < 1.29 is 9.72 Å². The van der Waals surface area contributed by atoms with Gasteiger partial charge in [0.25, 0.3) is 11.6 Å². The van der Waals surface area contributed by atoms with Crippen molar-refractivity contribution in [2.45, 2.75) is 20.8 Å². The van der Waals surface area contributed by atoms with Gasteiger partial charge in [-0.05, 0) is 26.8 Å². The highest BCUT2D eigenvalue weighted by molar-refractivity contribution is 6.05. The molecule has 0 radical (unpaired) electrons. The van der Waals surface area contributed by atoms with Crippen LogP contribution in [0.3, 0.4) is 0 Å². The fourth-order valence-corrected chi connectivity index (χ4v) is 1.96. The highest BCUT2D eigenvalue weighted by Crippen LogP contribution is 2.23.